The largest absolute Gasteiger partial charge is 0.405 e. The number of aromatic nitrogens is 3. The number of aliphatic imine (C=N–C) groups is 1. The summed E-state index contributed by atoms with van der Waals surface area (Å²) in [6.45, 7) is 6.62. The van der Waals surface area contributed by atoms with Gasteiger partial charge in [0.15, 0.2) is 0 Å². The minimum Gasteiger partial charge on any atom is -0.405 e. The molecule has 0 bridgehead atoms. The average Bonchev–Trinajstić information content (AvgIpc) is 2.97. The summed E-state index contributed by atoms with van der Waals surface area (Å²) < 4.78 is 1.69. The topological polar surface area (TPSA) is 105 Å². The van der Waals surface area contributed by atoms with Crippen LogP contribution in [0.4, 0.5) is 17.3 Å². The molecule has 1 aliphatic heterocycles. The van der Waals surface area contributed by atoms with Crippen LogP contribution >= 0.6 is 0 Å². The van der Waals surface area contributed by atoms with Gasteiger partial charge in [0, 0.05) is 68.3 Å². The van der Waals surface area contributed by atoms with E-state index in [2.05, 4.69) is 44.3 Å². The van der Waals surface area contributed by atoms with Crippen molar-refractivity contribution in [1.82, 2.24) is 19.4 Å². The molecule has 9 nitrogen and oxygen atoms in total. The molecule has 0 amide bonds. The van der Waals surface area contributed by atoms with E-state index < -0.39 is 0 Å². The molecule has 3 N–H and O–H groups in total. The van der Waals surface area contributed by atoms with E-state index in [4.69, 9.17) is 10.7 Å². The number of rotatable bonds is 7. The lowest BCUT2D eigenvalue weighted by molar-refractivity contribution is 0.313. The minimum atomic E-state index is -0.0924. The number of nitrogens with zero attached hydrogens (tertiary/aromatic N) is 6. The SMILES string of the molecule is CCn1c(=O)c(-c2ccc(C(C=CN)=NC)cc2)cc2cnc(Nc3ccc(N4CCN(C)CC4)cc3)nc21. The first-order valence-corrected chi connectivity index (χ1v) is 13.2. The van der Waals surface area contributed by atoms with Gasteiger partial charge >= 0.3 is 0 Å². The number of benzene rings is 2. The molecule has 200 valence electrons. The van der Waals surface area contributed by atoms with Crippen LogP contribution in [0.3, 0.4) is 0 Å². The van der Waals surface area contributed by atoms with E-state index in [0.29, 0.717) is 23.7 Å². The predicted molar refractivity (Wildman–Crippen MR) is 160 cm³/mol. The van der Waals surface area contributed by atoms with Crippen molar-refractivity contribution < 1.29 is 0 Å². The molecule has 3 heterocycles. The molecule has 4 aromatic rings. The summed E-state index contributed by atoms with van der Waals surface area (Å²) in [5.74, 6) is 0.452. The van der Waals surface area contributed by atoms with Crippen molar-refractivity contribution in [2.24, 2.45) is 10.7 Å². The molecule has 1 saturated heterocycles. The number of nitrogens with one attached hydrogen (secondary N) is 1. The van der Waals surface area contributed by atoms with Crippen molar-refractivity contribution in [2.75, 3.05) is 50.5 Å². The molecular weight excluding hydrogens is 488 g/mol. The van der Waals surface area contributed by atoms with Gasteiger partial charge in [0.1, 0.15) is 5.65 Å². The van der Waals surface area contributed by atoms with Gasteiger partial charge in [-0.1, -0.05) is 24.3 Å². The van der Waals surface area contributed by atoms with Crippen LogP contribution in [0.15, 0.2) is 82.9 Å². The van der Waals surface area contributed by atoms with Crippen molar-refractivity contribution >= 4 is 34.1 Å². The average molecular weight is 523 g/mol. The highest BCUT2D eigenvalue weighted by Crippen LogP contribution is 2.24. The van der Waals surface area contributed by atoms with Gasteiger partial charge in [-0.05, 0) is 67.7 Å². The number of fused-ring (bicyclic) bond motifs is 1. The van der Waals surface area contributed by atoms with Gasteiger partial charge in [-0.25, -0.2) is 4.98 Å². The summed E-state index contributed by atoms with van der Waals surface area (Å²) in [6, 6.07) is 17.9. The van der Waals surface area contributed by atoms with Crippen LogP contribution in [0.25, 0.3) is 22.2 Å². The van der Waals surface area contributed by atoms with Crippen LogP contribution in [0, 0.1) is 0 Å². The Labute approximate surface area is 228 Å². The number of anilines is 3. The molecule has 1 fully saturated rings. The van der Waals surface area contributed by atoms with Gasteiger partial charge in [-0.3, -0.25) is 14.4 Å². The summed E-state index contributed by atoms with van der Waals surface area (Å²) in [7, 11) is 3.88. The summed E-state index contributed by atoms with van der Waals surface area (Å²) >= 11 is 0. The molecule has 0 radical (unpaired) electrons. The van der Waals surface area contributed by atoms with Crippen LogP contribution in [-0.2, 0) is 6.54 Å². The fraction of sp³-hybridized carbons (Fsp3) is 0.267. The van der Waals surface area contributed by atoms with Gasteiger partial charge in [-0.15, -0.1) is 0 Å². The van der Waals surface area contributed by atoms with Gasteiger partial charge in [0.2, 0.25) is 5.95 Å². The predicted octanol–water partition coefficient (Wildman–Crippen LogP) is 3.87. The second-order valence-electron chi connectivity index (χ2n) is 9.59. The van der Waals surface area contributed by atoms with Gasteiger partial charge in [0.25, 0.3) is 5.56 Å². The number of hydrogen-bond donors (Lipinski definition) is 2. The number of nitrogens with two attached hydrogens (primary N) is 1. The molecule has 0 aliphatic carbocycles. The standard InChI is InChI=1S/C30H34N8O/c1-4-38-28-23(19-26(29(38)39)21-5-7-22(8-6-21)27(32-2)13-14-31)20-33-30(35-28)34-24-9-11-25(12-10-24)37-17-15-36(3)16-18-37/h5-14,19-20H,4,15-18,31H2,1-3H3,(H,33,34,35). The normalized spacial score (nSPS) is 14.8. The second kappa shape index (κ2) is 11.5. The van der Waals surface area contributed by atoms with E-state index in [1.165, 1.54) is 11.9 Å². The summed E-state index contributed by atoms with van der Waals surface area (Å²) in [5, 5.41) is 4.09. The van der Waals surface area contributed by atoms with E-state index in [1.807, 2.05) is 49.4 Å². The Bertz CT molecular complexity index is 1560. The summed E-state index contributed by atoms with van der Waals surface area (Å²) in [4.78, 5) is 31.8. The quantitative estimate of drug-likeness (QED) is 0.355. The second-order valence-corrected chi connectivity index (χ2v) is 9.59. The Kier molecular flexibility index (Phi) is 7.69. The zero-order valence-electron chi connectivity index (χ0n) is 22.6. The number of aryl methyl sites for hydroxylation is 1. The first-order chi connectivity index (χ1) is 19.0. The highest BCUT2D eigenvalue weighted by atomic mass is 16.1. The molecular formula is C30H34N8O. The van der Waals surface area contributed by atoms with Crippen molar-refractivity contribution in [3.63, 3.8) is 0 Å². The third-order valence-electron chi connectivity index (χ3n) is 7.12. The maximum absolute atomic E-state index is 13.5. The van der Waals surface area contributed by atoms with Gasteiger partial charge < -0.3 is 20.9 Å². The molecule has 39 heavy (non-hydrogen) atoms. The fourth-order valence-electron chi connectivity index (χ4n) is 4.88. The summed E-state index contributed by atoms with van der Waals surface area (Å²) in [5.41, 5.74) is 11.3. The zero-order valence-corrected chi connectivity index (χ0v) is 22.6. The molecule has 0 unspecified atom stereocenters. The van der Waals surface area contributed by atoms with Crippen molar-refractivity contribution in [2.45, 2.75) is 13.5 Å². The highest BCUT2D eigenvalue weighted by Gasteiger charge is 2.15. The van der Waals surface area contributed by atoms with E-state index in [9.17, 15) is 4.79 Å². The smallest absolute Gasteiger partial charge is 0.260 e. The van der Waals surface area contributed by atoms with Gasteiger partial charge in [0.05, 0.1) is 5.71 Å². The molecule has 2 aromatic carbocycles. The molecule has 0 spiro atoms. The molecule has 0 atom stereocenters. The van der Waals surface area contributed by atoms with Crippen LogP contribution < -0.4 is 21.5 Å². The number of hydrogen-bond acceptors (Lipinski definition) is 8. The Balaban J connectivity index is 1.40. The number of likely N-dealkylation sites (N-methyl/N-ethyl adjacent to an activating group) is 1. The van der Waals surface area contributed by atoms with Crippen LogP contribution in [0.1, 0.15) is 12.5 Å². The van der Waals surface area contributed by atoms with E-state index in [1.54, 1.807) is 23.9 Å². The Morgan fingerprint density at radius 3 is 2.44 bits per heavy atom. The van der Waals surface area contributed by atoms with Crippen LogP contribution in [0.5, 0.6) is 0 Å². The van der Waals surface area contributed by atoms with Crippen LogP contribution in [0.2, 0.25) is 0 Å². The fourth-order valence-corrected chi connectivity index (χ4v) is 4.88. The maximum atomic E-state index is 13.5. The molecule has 2 aromatic heterocycles. The minimum absolute atomic E-state index is 0.0924. The number of pyridine rings is 1. The Morgan fingerprint density at radius 1 is 1.08 bits per heavy atom. The number of piperazine rings is 1. The third-order valence-corrected chi connectivity index (χ3v) is 7.12. The Morgan fingerprint density at radius 2 is 1.79 bits per heavy atom. The number of allylic oxidation sites excluding steroid dienone is 1. The van der Waals surface area contributed by atoms with Crippen LogP contribution in [-0.4, -0.2) is 65.4 Å². The molecule has 0 saturated carbocycles. The Hall–Kier alpha value is -4.50. The van der Waals surface area contributed by atoms with E-state index >= 15 is 0 Å². The monoisotopic (exact) mass is 522 g/mol. The van der Waals surface area contributed by atoms with Gasteiger partial charge in [-0.2, -0.15) is 4.98 Å². The third kappa shape index (κ3) is 5.53. The zero-order chi connectivity index (χ0) is 27.4. The molecule has 5 rings (SSSR count). The lowest BCUT2D eigenvalue weighted by Crippen LogP contribution is -2.44. The first-order valence-electron chi connectivity index (χ1n) is 13.2. The van der Waals surface area contributed by atoms with Crippen molar-refractivity contribution in [3.05, 3.63) is 89.0 Å². The van der Waals surface area contributed by atoms with Crippen molar-refractivity contribution in [3.8, 4) is 11.1 Å². The van der Waals surface area contributed by atoms with Crippen molar-refractivity contribution in [1.29, 1.82) is 0 Å². The molecule has 9 heteroatoms. The van der Waals surface area contributed by atoms with E-state index in [-0.39, 0.29) is 5.56 Å². The maximum Gasteiger partial charge on any atom is 0.260 e. The molecule has 1 aliphatic rings. The summed E-state index contributed by atoms with van der Waals surface area (Å²) in [6.07, 6.45) is 4.98. The van der Waals surface area contributed by atoms with E-state index in [0.717, 1.165) is 54.1 Å². The lowest BCUT2D eigenvalue weighted by atomic mass is 10.0. The lowest BCUT2D eigenvalue weighted by Gasteiger charge is -2.34. The first kappa shape index (κ1) is 26.1. The highest BCUT2D eigenvalue weighted by molar-refractivity contribution is 6.08.